The molecule has 2 rings (SSSR count). The van der Waals surface area contributed by atoms with Gasteiger partial charge < -0.3 is 10.2 Å². The number of nitrogens with zero attached hydrogens (tertiary/aromatic N) is 3. The summed E-state index contributed by atoms with van der Waals surface area (Å²) in [7, 11) is 1.43. The Morgan fingerprint density at radius 3 is 2.73 bits per heavy atom. The molecule has 0 spiro atoms. The first kappa shape index (κ1) is 17.4. The summed E-state index contributed by atoms with van der Waals surface area (Å²) in [5.74, 6) is 0.330. The number of fused-ring (bicyclic) bond motifs is 1. The van der Waals surface area contributed by atoms with Gasteiger partial charge in [0.2, 0.25) is 5.95 Å². The predicted octanol–water partition coefficient (Wildman–Crippen LogP) is 2.55. The van der Waals surface area contributed by atoms with Crippen molar-refractivity contribution in [2.45, 2.75) is 27.2 Å². The van der Waals surface area contributed by atoms with Crippen molar-refractivity contribution in [1.82, 2.24) is 14.7 Å². The Hall–Kier alpha value is -2.63. The molecule has 118 valence electrons. The number of nitrogens with one attached hydrogen (secondary N) is 1. The summed E-state index contributed by atoms with van der Waals surface area (Å²) in [6, 6.07) is 1.78. The van der Waals surface area contributed by atoms with Gasteiger partial charge in [-0.15, -0.1) is 4.73 Å². The maximum absolute atomic E-state index is 12.2. The Kier molecular flexibility index (Phi) is 6.31. The smallest absolute Gasteiger partial charge is 0.288 e. The normalized spacial score (nSPS) is 9.64. The first-order valence-electron chi connectivity index (χ1n) is 7.15. The molecule has 22 heavy (non-hydrogen) atoms. The highest BCUT2D eigenvalue weighted by Crippen LogP contribution is 2.13. The largest absolute Gasteiger partial charge is 0.412 e. The minimum Gasteiger partial charge on any atom is -0.412 e. The molecule has 2 aromatic rings. The molecule has 0 atom stereocenters. The van der Waals surface area contributed by atoms with Gasteiger partial charge in [0.05, 0.1) is 0 Å². The zero-order chi connectivity index (χ0) is 16.7. The number of aromatic nitrogens is 3. The number of hydrogen-bond donors (Lipinski definition) is 1. The van der Waals surface area contributed by atoms with Crippen molar-refractivity contribution in [2.24, 2.45) is 0 Å². The third-order valence-corrected chi connectivity index (χ3v) is 2.86. The van der Waals surface area contributed by atoms with E-state index in [1.165, 1.54) is 7.11 Å². The molecule has 6 heteroatoms. The molecule has 2 aromatic heterocycles. The molecule has 0 bridgehead atoms. The maximum Gasteiger partial charge on any atom is 0.288 e. The van der Waals surface area contributed by atoms with Gasteiger partial charge in [-0.05, 0) is 18.6 Å². The van der Waals surface area contributed by atoms with Crippen molar-refractivity contribution < 1.29 is 4.84 Å². The van der Waals surface area contributed by atoms with Crippen molar-refractivity contribution in [3.05, 3.63) is 53.1 Å². The first-order chi connectivity index (χ1) is 10.6. The Labute approximate surface area is 130 Å². The topological polar surface area (TPSA) is 69.0 Å². The van der Waals surface area contributed by atoms with Crippen molar-refractivity contribution in [1.29, 1.82) is 0 Å². The first-order valence-corrected chi connectivity index (χ1v) is 7.15. The van der Waals surface area contributed by atoms with Crippen LogP contribution in [-0.4, -0.2) is 21.8 Å². The molecule has 0 radical (unpaired) electrons. The number of allylic oxidation sites excluding steroid dienone is 1. The Bertz CT molecular complexity index is 735. The van der Waals surface area contributed by atoms with Crippen molar-refractivity contribution >= 4 is 17.0 Å². The molecule has 0 aliphatic carbocycles. The third kappa shape index (κ3) is 3.52. The van der Waals surface area contributed by atoms with Crippen LogP contribution in [-0.2, 0) is 6.42 Å². The molecule has 6 nitrogen and oxygen atoms in total. The molecule has 2 heterocycles. The molecule has 0 aliphatic heterocycles. The molecular weight excluding hydrogens is 280 g/mol. The van der Waals surface area contributed by atoms with Gasteiger partial charge in [-0.2, -0.15) is 4.98 Å². The molecule has 0 unspecified atom stereocenters. The Balaban J connectivity index is 0.00000116. The van der Waals surface area contributed by atoms with Crippen LogP contribution in [0.5, 0.6) is 0 Å². The Morgan fingerprint density at radius 1 is 1.50 bits per heavy atom. The monoisotopic (exact) mass is 302 g/mol. The van der Waals surface area contributed by atoms with E-state index < -0.39 is 0 Å². The summed E-state index contributed by atoms with van der Waals surface area (Å²) in [4.78, 5) is 25.7. The van der Waals surface area contributed by atoms with E-state index in [1.54, 1.807) is 18.3 Å². The lowest BCUT2D eigenvalue weighted by Gasteiger charge is -2.11. The summed E-state index contributed by atoms with van der Waals surface area (Å²) in [5.41, 5.74) is 1.42. The van der Waals surface area contributed by atoms with E-state index in [0.717, 1.165) is 10.1 Å². The molecule has 0 amide bonds. The Morgan fingerprint density at radius 2 is 2.18 bits per heavy atom. The number of hydrogen-bond acceptors (Lipinski definition) is 5. The molecule has 0 aliphatic rings. The second-order valence-electron chi connectivity index (χ2n) is 4.13. The van der Waals surface area contributed by atoms with Gasteiger partial charge in [0.25, 0.3) is 5.56 Å². The van der Waals surface area contributed by atoms with Crippen LogP contribution in [0.4, 0.5) is 5.95 Å². The van der Waals surface area contributed by atoms with Crippen LogP contribution in [0.1, 0.15) is 26.3 Å². The minimum atomic E-state index is -0.213. The summed E-state index contributed by atoms with van der Waals surface area (Å²) >= 11 is 0. The van der Waals surface area contributed by atoms with Gasteiger partial charge in [0.1, 0.15) is 7.11 Å². The van der Waals surface area contributed by atoms with Crippen LogP contribution >= 0.6 is 0 Å². The third-order valence-electron chi connectivity index (χ3n) is 2.86. The zero-order valence-electron chi connectivity index (χ0n) is 13.5. The van der Waals surface area contributed by atoms with Gasteiger partial charge in [-0.3, -0.25) is 4.79 Å². The van der Waals surface area contributed by atoms with Crippen LogP contribution in [0.15, 0.2) is 42.0 Å². The summed E-state index contributed by atoms with van der Waals surface area (Å²) in [6.07, 6.45) is 3.80. The lowest BCUT2D eigenvalue weighted by atomic mass is 10.2. The standard InChI is InChI=1S/C14H16N4O2.C2H6/c1-5-9(3)16-14-15-8-11-7-10(6-2)13(19)18(20-4)12(11)17-14;1-2/h5,7-8H,1,3,6H2,2,4H3,(H,15,16,17);1-2H3. The number of pyridine rings is 1. The molecule has 0 fully saturated rings. The van der Waals surface area contributed by atoms with Crippen molar-refractivity contribution in [3.63, 3.8) is 0 Å². The fourth-order valence-corrected chi connectivity index (χ4v) is 1.80. The zero-order valence-corrected chi connectivity index (χ0v) is 13.5. The molecule has 0 saturated heterocycles. The van der Waals surface area contributed by atoms with Gasteiger partial charge in [-0.25, -0.2) is 4.98 Å². The molecular formula is C16H22N4O2. The van der Waals surface area contributed by atoms with Gasteiger partial charge >= 0.3 is 0 Å². The second-order valence-corrected chi connectivity index (χ2v) is 4.13. The highest BCUT2D eigenvalue weighted by molar-refractivity contribution is 5.75. The summed E-state index contributed by atoms with van der Waals surface area (Å²) < 4.78 is 1.16. The highest BCUT2D eigenvalue weighted by atomic mass is 16.6. The average Bonchev–Trinajstić information content (AvgIpc) is 2.56. The number of anilines is 1. The fourth-order valence-electron chi connectivity index (χ4n) is 1.80. The lowest BCUT2D eigenvalue weighted by Crippen LogP contribution is -2.28. The van der Waals surface area contributed by atoms with E-state index >= 15 is 0 Å². The van der Waals surface area contributed by atoms with E-state index in [4.69, 9.17) is 4.84 Å². The quantitative estimate of drug-likeness (QED) is 0.860. The van der Waals surface area contributed by atoms with Gasteiger partial charge in [-0.1, -0.05) is 33.9 Å². The van der Waals surface area contributed by atoms with Gasteiger partial charge in [0, 0.05) is 22.8 Å². The van der Waals surface area contributed by atoms with E-state index in [-0.39, 0.29) is 5.56 Å². The van der Waals surface area contributed by atoms with E-state index in [1.807, 2.05) is 20.8 Å². The van der Waals surface area contributed by atoms with Gasteiger partial charge in [0.15, 0.2) is 5.65 Å². The van der Waals surface area contributed by atoms with E-state index in [9.17, 15) is 4.79 Å². The van der Waals surface area contributed by atoms with Crippen LogP contribution in [0.2, 0.25) is 0 Å². The van der Waals surface area contributed by atoms with E-state index in [0.29, 0.717) is 29.3 Å². The minimum absolute atomic E-state index is 0.213. The number of rotatable bonds is 5. The summed E-state index contributed by atoms with van der Waals surface area (Å²) in [6.45, 7) is 13.2. The SMILES string of the molecule is C=CC(=C)Nc1ncc2cc(CC)c(=O)n(OC)c2n1.CC. The highest BCUT2D eigenvalue weighted by Gasteiger charge is 2.11. The van der Waals surface area contributed by atoms with Crippen molar-refractivity contribution in [2.75, 3.05) is 12.4 Å². The van der Waals surface area contributed by atoms with Crippen LogP contribution in [0.3, 0.4) is 0 Å². The number of aryl methyl sites for hydroxylation is 1. The second kappa shape index (κ2) is 7.97. The summed E-state index contributed by atoms with van der Waals surface area (Å²) in [5, 5.41) is 3.61. The van der Waals surface area contributed by atoms with E-state index in [2.05, 4.69) is 28.4 Å². The predicted molar refractivity (Wildman–Crippen MR) is 90.0 cm³/mol. The molecule has 1 N–H and O–H groups in total. The molecule has 0 aromatic carbocycles. The average molecular weight is 302 g/mol. The lowest BCUT2D eigenvalue weighted by molar-refractivity contribution is 0.166. The fraction of sp³-hybridized carbons (Fsp3) is 0.312. The molecule has 0 saturated carbocycles. The maximum atomic E-state index is 12.2. The van der Waals surface area contributed by atoms with Crippen LogP contribution in [0.25, 0.3) is 11.0 Å². The van der Waals surface area contributed by atoms with Crippen molar-refractivity contribution in [3.8, 4) is 0 Å². The van der Waals surface area contributed by atoms with Crippen LogP contribution in [0, 0.1) is 0 Å². The van der Waals surface area contributed by atoms with Crippen LogP contribution < -0.4 is 15.7 Å².